The summed E-state index contributed by atoms with van der Waals surface area (Å²) in [6.45, 7) is 3.97. The summed E-state index contributed by atoms with van der Waals surface area (Å²) in [5.74, 6) is -1.67. The Morgan fingerprint density at radius 2 is 1.75 bits per heavy atom. The summed E-state index contributed by atoms with van der Waals surface area (Å²) in [5, 5.41) is 10.8. The highest BCUT2D eigenvalue weighted by molar-refractivity contribution is 5.96. The van der Waals surface area contributed by atoms with Gasteiger partial charge in [-0.25, -0.2) is 4.79 Å². The van der Waals surface area contributed by atoms with E-state index in [0.717, 1.165) is 22.0 Å². The molecule has 0 spiro atoms. The minimum absolute atomic E-state index is 0.242. The molecule has 3 aromatic carbocycles. The Labute approximate surface area is 206 Å². The number of carbonyl (C=O) groups is 2. The zero-order valence-corrected chi connectivity index (χ0v) is 19.9. The van der Waals surface area contributed by atoms with Crippen LogP contribution in [-0.4, -0.2) is 31.1 Å². The maximum atomic E-state index is 14.1. The third-order valence-electron chi connectivity index (χ3n) is 6.84. The van der Waals surface area contributed by atoms with Crippen molar-refractivity contribution in [2.24, 2.45) is 5.73 Å². The summed E-state index contributed by atoms with van der Waals surface area (Å²) in [4.78, 5) is 41.3. The Morgan fingerprint density at radius 1 is 1.00 bits per heavy atom. The predicted octanol–water partition coefficient (Wildman–Crippen LogP) is 4.37. The van der Waals surface area contributed by atoms with Crippen molar-refractivity contribution in [3.05, 3.63) is 106 Å². The number of aliphatic carboxylic acids is 1. The van der Waals surface area contributed by atoms with Gasteiger partial charge in [0.05, 0.1) is 29.5 Å². The monoisotopic (exact) mass is 482 g/mol. The van der Waals surface area contributed by atoms with Gasteiger partial charge in [-0.2, -0.15) is 0 Å². The van der Waals surface area contributed by atoms with Crippen LogP contribution in [0.1, 0.15) is 52.5 Å². The Bertz CT molecular complexity index is 1680. The fourth-order valence-corrected chi connectivity index (χ4v) is 5.14. The SMILES string of the molecule is Cc1cccc2[nH]cc(C(C)n3c(=O)n(C(CC(=O)O)c4ccccc4)c4cc(C(N)=O)ccc43)c12. The number of carbonyl (C=O) groups excluding carboxylic acids is 1. The molecule has 0 aliphatic heterocycles. The molecule has 1 amide bonds. The van der Waals surface area contributed by atoms with Crippen molar-refractivity contribution >= 4 is 33.8 Å². The van der Waals surface area contributed by atoms with Crippen LogP contribution in [0.5, 0.6) is 0 Å². The first-order valence-corrected chi connectivity index (χ1v) is 11.7. The molecule has 0 fully saturated rings. The molecule has 2 atom stereocenters. The highest BCUT2D eigenvalue weighted by Gasteiger charge is 2.28. The lowest BCUT2D eigenvalue weighted by molar-refractivity contribution is -0.137. The normalized spacial score (nSPS) is 13.2. The molecule has 8 nitrogen and oxygen atoms in total. The number of H-pyrrole nitrogens is 1. The number of aryl methyl sites for hydroxylation is 1. The van der Waals surface area contributed by atoms with Crippen LogP contribution in [0.25, 0.3) is 21.9 Å². The van der Waals surface area contributed by atoms with Crippen LogP contribution < -0.4 is 11.4 Å². The molecule has 0 bridgehead atoms. The summed E-state index contributed by atoms with van der Waals surface area (Å²) < 4.78 is 3.14. The van der Waals surface area contributed by atoms with E-state index in [1.807, 2.05) is 44.3 Å². The van der Waals surface area contributed by atoms with Gasteiger partial charge in [0.25, 0.3) is 0 Å². The van der Waals surface area contributed by atoms with Crippen molar-refractivity contribution in [2.45, 2.75) is 32.4 Å². The topological polar surface area (TPSA) is 123 Å². The number of aromatic amines is 1. The molecule has 182 valence electrons. The zero-order chi connectivity index (χ0) is 25.6. The van der Waals surface area contributed by atoms with Gasteiger partial charge in [-0.15, -0.1) is 0 Å². The van der Waals surface area contributed by atoms with Crippen LogP contribution >= 0.6 is 0 Å². The fourth-order valence-electron chi connectivity index (χ4n) is 5.14. The number of amides is 1. The predicted molar refractivity (Wildman–Crippen MR) is 138 cm³/mol. The van der Waals surface area contributed by atoms with Crippen LogP contribution in [0.3, 0.4) is 0 Å². The molecular weight excluding hydrogens is 456 g/mol. The number of hydrogen-bond donors (Lipinski definition) is 3. The first-order valence-electron chi connectivity index (χ1n) is 11.7. The van der Waals surface area contributed by atoms with E-state index < -0.39 is 17.9 Å². The Kier molecular flexibility index (Phi) is 5.72. The minimum atomic E-state index is -1.04. The van der Waals surface area contributed by atoms with Crippen LogP contribution in [0.2, 0.25) is 0 Å². The third-order valence-corrected chi connectivity index (χ3v) is 6.84. The molecule has 5 aromatic rings. The number of primary amides is 1. The van der Waals surface area contributed by atoms with E-state index >= 15 is 0 Å². The molecule has 0 aliphatic rings. The number of carboxylic acid groups (broad SMARTS) is 1. The van der Waals surface area contributed by atoms with E-state index in [2.05, 4.69) is 4.98 Å². The molecular formula is C28H26N4O4. The van der Waals surface area contributed by atoms with Crippen LogP contribution in [0.4, 0.5) is 0 Å². The van der Waals surface area contributed by atoms with E-state index in [1.165, 1.54) is 4.57 Å². The average molecular weight is 483 g/mol. The van der Waals surface area contributed by atoms with Crippen molar-refractivity contribution in [1.29, 1.82) is 0 Å². The van der Waals surface area contributed by atoms with Crippen LogP contribution in [-0.2, 0) is 4.79 Å². The van der Waals surface area contributed by atoms with E-state index in [0.29, 0.717) is 16.6 Å². The minimum Gasteiger partial charge on any atom is -0.481 e. The molecule has 0 radical (unpaired) electrons. The van der Waals surface area contributed by atoms with Gasteiger partial charge in [-0.3, -0.25) is 18.7 Å². The maximum absolute atomic E-state index is 14.1. The van der Waals surface area contributed by atoms with Gasteiger partial charge < -0.3 is 15.8 Å². The fraction of sp³-hybridized carbons (Fsp3) is 0.179. The van der Waals surface area contributed by atoms with Gasteiger partial charge in [-0.1, -0.05) is 42.5 Å². The van der Waals surface area contributed by atoms with E-state index in [4.69, 9.17) is 5.73 Å². The van der Waals surface area contributed by atoms with Gasteiger partial charge in [0.1, 0.15) is 0 Å². The zero-order valence-electron chi connectivity index (χ0n) is 19.9. The molecule has 4 N–H and O–H groups in total. The standard InChI is InChI=1S/C28H26N4O4/c1-16-7-6-10-21-26(16)20(15-30-21)17(2)31-22-12-11-19(27(29)35)13-24(22)32(28(31)36)23(14-25(33)34)18-8-4-3-5-9-18/h3-13,15,17,23,30H,14H2,1-2H3,(H2,29,35)(H,33,34). The van der Waals surface area contributed by atoms with Gasteiger partial charge in [-0.05, 0) is 49.2 Å². The van der Waals surface area contributed by atoms with Gasteiger partial charge in [0.2, 0.25) is 5.91 Å². The van der Waals surface area contributed by atoms with Gasteiger partial charge in [0.15, 0.2) is 0 Å². The smallest absolute Gasteiger partial charge is 0.330 e. The Hall–Kier alpha value is -4.59. The molecule has 0 saturated heterocycles. The van der Waals surface area contributed by atoms with Crippen molar-refractivity contribution in [3.8, 4) is 0 Å². The average Bonchev–Trinajstić information content (AvgIpc) is 3.42. The quantitative estimate of drug-likeness (QED) is 0.319. The number of imidazole rings is 1. The van der Waals surface area contributed by atoms with Crippen molar-refractivity contribution in [1.82, 2.24) is 14.1 Å². The van der Waals surface area contributed by atoms with Crippen molar-refractivity contribution in [3.63, 3.8) is 0 Å². The Balaban J connectivity index is 1.81. The second kappa shape index (κ2) is 8.88. The molecule has 2 aromatic heterocycles. The van der Waals surface area contributed by atoms with Gasteiger partial charge in [0, 0.05) is 28.2 Å². The number of nitrogens with two attached hydrogens (primary N) is 1. The van der Waals surface area contributed by atoms with Crippen molar-refractivity contribution < 1.29 is 14.7 Å². The Morgan fingerprint density at radius 3 is 2.44 bits per heavy atom. The number of benzene rings is 3. The lowest BCUT2D eigenvalue weighted by atomic mass is 10.0. The lowest BCUT2D eigenvalue weighted by Crippen LogP contribution is -2.31. The van der Waals surface area contributed by atoms with E-state index in [1.54, 1.807) is 47.0 Å². The molecule has 36 heavy (non-hydrogen) atoms. The number of fused-ring (bicyclic) bond motifs is 2. The number of hydrogen-bond acceptors (Lipinski definition) is 3. The number of nitrogens with zero attached hydrogens (tertiary/aromatic N) is 2. The third kappa shape index (κ3) is 3.76. The molecule has 0 aliphatic carbocycles. The summed E-state index contributed by atoms with van der Waals surface area (Å²) in [5.41, 5.74) is 10.1. The van der Waals surface area contributed by atoms with Crippen molar-refractivity contribution in [2.75, 3.05) is 0 Å². The number of carboxylic acids is 1. The first kappa shape index (κ1) is 23.2. The number of nitrogens with one attached hydrogen (secondary N) is 1. The molecule has 2 unspecified atom stereocenters. The number of rotatable bonds is 7. The second-order valence-corrected chi connectivity index (χ2v) is 9.03. The van der Waals surface area contributed by atoms with Gasteiger partial charge >= 0.3 is 11.7 Å². The molecule has 8 heteroatoms. The highest BCUT2D eigenvalue weighted by atomic mass is 16.4. The molecule has 5 rings (SSSR count). The number of aromatic nitrogens is 3. The van der Waals surface area contributed by atoms with E-state index in [9.17, 15) is 19.5 Å². The van der Waals surface area contributed by atoms with Crippen LogP contribution in [0.15, 0.2) is 77.7 Å². The highest BCUT2D eigenvalue weighted by Crippen LogP contribution is 2.33. The first-order chi connectivity index (χ1) is 17.3. The second-order valence-electron chi connectivity index (χ2n) is 9.03. The summed E-state index contributed by atoms with van der Waals surface area (Å²) in [6.07, 6.45) is 1.60. The lowest BCUT2D eigenvalue weighted by Gasteiger charge is -2.18. The molecule has 2 heterocycles. The summed E-state index contributed by atoms with van der Waals surface area (Å²) in [6, 6.07) is 18.7. The summed E-state index contributed by atoms with van der Waals surface area (Å²) >= 11 is 0. The van der Waals surface area contributed by atoms with Crippen LogP contribution in [0, 0.1) is 6.92 Å². The van der Waals surface area contributed by atoms with E-state index in [-0.39, 0.29) is 23.7 Å². The maximum Gasteiger partial charge on any atom is 0.330 e. The summed E-state index contributed by atoms with van der Waals surface area (Å²) in [7, 11) is 0. The largest absolute Gasteiger partial charge is 0.481 e. The molecule has 0 saturated carbocycles.